The largest absolute Gasteiger partial charge is 0.510 e. The van der Waals surface area contributed by atoms with E-state index in [4.69, 9.17) is 11.6 Å². The van der Waals surface area contributed by atoms with Crippen LogP contribution < -0.4 is 0 Å². The van der Waals surface area contributed by atoms with Crippen LogP contribution in [0.2, 0.25) is 0 Å². The van der Waals surface area contributed by atoms with Gasteiger partial charge in [0, 0.05) is 0 Å². The van der Waals surface area contributed by atoms with Crippen molar-refractivity contribution in [3.63, 3.8) is 0 Å². The van der Waals surface area contributed by atoms with Gasteiger partial charge in [0.05, 0.1) is 0 Å². The molecule has 0 bridgehead atoms. The number of aliphatic hydroxyl groups is 1. The highest BCUT2D eigenvalue weighted by molar-refractivity contribution is 6.26. The average molecular weight is 187 g/mol. The number of aliphatic hydroxyl groups excluding tert-OH is 1. The Kier molecular flexibility index (Phi) is 2.52. The molecule has 0 spiro atoms. The van der Waals surface area contributed by atoms with Gasteiger partial charge in [-0.1, -0.05) is 25.5 Å². The summed E-state index contributed by atoms with van der Waals surface area (Å²) in [5.74, 6) is 0.555. The van der Waals surface area contributed by atoms with Gasteiger partial charge in [-0.25, -0.2) is 0 Å². The van der Waals surface area contributed by atoms with Gasteiger partial charge in [-0.15, -0.1) is 11.6 Å². The summed E-state index contributed by atoms with van der Waals surface area (Å²) in [7, 11) is 0. The predicted molar refractivity (Wildman–Crippen MR) is 52.5 cm³/mol. The molecule has 1 atom stereocenters. The van der Waals surface area contributed by atoms with E-state index in [2.05, 4.69) is 6.08 Å². The molecule has 0 aromatic carbocycles. The van der Waals surface area contributed by atoms with E-state index >= 15 is 0 Å². The first-order valence-electron chi connectivity index (χ1n) is 4.23. The van der Waals surface area contributed by atoms with Crippen LogP contribution >= 0.6 is 11.6 Å². The van der Waals surface area contributed by atoms with Crippen molar-refractivity contribution >= 4 is 11.6 Å². The van der Waals surface area contributed by atoms with Crippen LogP contribution in [0.1, 0.15) is 27.2 Å². The van der Waals surface area contributed by atoms with Crippen LogP contribution in [0.15, 0.2) is 23.5 Å². The summed E-state index contributed by atoms with van der Waals surface area (Å²) in [5, 5.41) is 9.66. The van der Waals surface area contributed by atoms with Crippen LogP contribution in [0.4, 0.5) is 0 Å². The number of alkyl halides is 1. The molecule has 0 aliphatic heterocycles. The minimum absolute atomic E-state index is 0.250. The molecule has 0 unspecified atom stereocenters. The second kappa shape index (κ2) is 3.14. The van der Waals surface area contributed by atoms with E-state index in [0.717, 1.165) is 12.0 Å². The Bertz CT molecular complexity index is 240. The van der Waals surface area contributed by atoms with Crippen molar-refractivity contribution in [2.45, 2.75) is 32.1 Å². The number of hydrogen-bond acceptors (Lipinski definition) is 1. The molecular formula is C10H15ClO. The fraction of sp³-hybridized carbons (Fsp3) is 0.600. The Morgan fingerprint density at radius 2 is 2.17 bits per heavy atom. The first-order chi connectivity index (χ1) is 5.47. The molecule has 2 heteroatoms. The van der Waals surface area contributed by atoms with Gasteiger partial charge in [-0.3, -0.25) is 0 Å². The first-order valence-corrected chi connectivity index (χ1v) is 4.61. The molecule has 0 amide bonds. The second-order valence-corrected chi connectivity index (χ2v) is 4.37. The van der Waals surface area contributed by atoms with E-state index in [1.165, 1.54) is 0 Å². The number of rotatable bonds is 1. The third-order valence-electron chi connectivity index (χ3n) is 2.43. The average Bonchev–Trinajstić information content (AvgIpc) is 1.97. The molecule has 0 aromatic heterocycles. The van der Waals surface area contributed by atoms with E-state index in [1.807, 2.05) is 20.8 Å². The first kappa shape index (κ1) is 9.66. The molecule has 0 fully saturated rings. The smallest absolute Gasteiger partial charge is 0.114 e. The molecule has 0 saturated heterocycles. The molecule has 0 saturated carbocycles. The Balaban J connectivity index is 2.93. The molecule has 0 radical (unpaired) electrons. The topological polar surface area (TPSA) is 20.2 Å². The highest BCUT2D eigenvalue weighted by atomic mass is 35.5. The molecule has 1 N–H and O–H groups in total. The van der Waals surface area contributed by atoms with Gasteiger partial charge in [0.2, 0.25) is 0 Å². The Morgan fingerprint density at radius 1 is 1.58 bits per heavy atom. The highest BCUT2D eigenvalue weighted by Gasteiger charge is 2.36. The lowest BCUT2D eigenvalue weighted by atomic mass is 9.85. The maximum Gasteiger partial charge on any atom is 0.114 e. The zero-order valence-corrected chi connectivity index (χ0v) is 8.52. The van der Waals surface area contributed by atoms with Gasteiger partial charge in [0.25, 0.3) is 0 Å². The molecule has 68 valence electrons. The van der Waals surface area contributed by atoms with Gasteiger partial charge in [-0.2, -0.15) is 0 Å². The molecular weight excluding hydrogens is 172 g/mol. The van der Waals surface area contributed by atoms with Crippen LogP contribution in [-0.2, 0) is 0 Å². The molecule has 1 aliphatic carbocycles. The van der Waals surface area contributed by atoms with Gasteiger partial charge >= 0.3 is 0 Å². The van der Waals surface area contributed by atoms with Crippen molar-refractivity contribution in [1.29, 1.82) is 0 Å². The monoisotopic (exact) mass is 186 g/mol. The minimum Gasteiger partial charge on any atom is -0.510 e. The van der Waals surface area contributed by atoms with Crippen LogP contribution in [0, 0.1) is 5.92 Å². The molecule has 1 rings (SSSR count). The quantitative estimate of drug-likeness (QED) is 0.623. The van der Waals surface area contributed by atoms with E-state index in [9.17, 15) is 5.11 Å². The third-order valence-corrected chi connectivity index (χ3v) is 3.21. The van der Waals surface area contributed by atoms with E-state index in [1.54, 1.807) is 6.08 Å². The van der Waals surface area contributed by atoms with Gasteiger partial charge in [0.1, 0.15) is 10.6 Å². The zero-order chi connectivity index (χ0) is 9.35. The molecule has 0 heterocycles. The second-order valence-electron chi connectivity index (χ2n) is 3.70. The highest BCUT2D eigenvalue weighted by Crippen LogP contribution is 2.39. The van der Waals surface area contributed by atoms with Crippen LogP contribution in [0.3, 0.4) is 0 Å². The maximum atomic E-state index is 9.66. The van der Waals surface area contributed by atoms with E-state index in [-0.39, 0.29) is 5.92 Å². The SMILES string of the molecule is CC1=CC[C@](Cl)(C(C)C)C(O)=C1. The summed E-state index contributed by atoms with van der Waals surface area (Å²) in [6.45, 7) is 6.00. The Morgan fingerprint density at radius 3 is 2.58 bits per heavy atom. The van der Waals surface area contributed by atoms with Crippen molar-refractivity contribution in [2.24, 2.45) is 5.92 Å². The standard InChI is InChI=1S/C10H15ClO/c1-7(2)10(11)5-4-8(3)6-9(10)12/h4,6-7,12H,5H2,1-3H3/t10-/m0/s1. The molecule has 12 heavy (non-hydrogen) atoms. The lowest BCUT2D eigenvalue weighted by Crippen LogP contribution is -2.32. The number of allylic oxidation sites excluding steroid dienone is 4. The normalized spacial score (nSPS) is 30.1. The lowest BCUT2D eigenvalue weighted by Gasteiger charge is -2.31. The summed E-state index contributed by atoms with van der Waals surface area (Å²) >= 11 is 6.26. The summed E-state index contributed by atoms with van der Waals surface area (Å²) in [5.41, 5.74) is 1.09. The van der Waals surface area contributed by atoms with Crippen molar-refractivity contribution in [2.75, 3.05) is 0 Å². The van der Waals surface area contributed by atoms with Crippen molar-refractivity contribution < 1.29 is 5.11 Å². The maximum absolute atomic E-state index is 9.66. The van der Waals surface area contributed by atoms with Crippen molar-refractivity contribution in [3.05, 3.63) is 23.5 Å². The van der Waals surface area contributed by atoms with E-state index in [0.29, 0.717) is 5.76 Å². The fourth-order valence-corrected chi connectivity index (χ4v) is 1.47. The third kappa shape index (κ3) is 1.51. The van der Waals surface area contributed by atoms with Crippen LogP contribution in [0.25, 0.3) is 0 Å². The summed E-state index contributed by atoms with van der Waals surface area (Å²) < 4.78 is 0. The van der Waals surface area contributed by atoms with Crippen LogP contribution in [0.5, 0.6) is 0 Å². The number of halogens is 1. The zero-order valence-electron chi connectivity index (χ0n) is 7.76. The fourth-order valence-electron chi connectivity index (χ4n) is 1.34. The predicted octanol–water partition coefficient (Wildman–Crippen LogP) is 3.41. The lowest BCUT2D eigenvalue weighted by molar-refractivity contribution is 0.300. The Labute approximate surface area is 78.7 Å². The molecule has 1 nitrogen and oxygen atoms in total. The van der Waals surface area contributed by atoms with Crippen molar-refractivity contribution in [3.8, 4) is 0 Å². The van der Waals surface area contributed by atoms with E-state index < -0.39 is 4.87 Å². The summed E-state index contributed by atoms with van der Waals surface area (Å²) in [6.07, 6.45) is 4.53. The summed E-state index contributed by atoms with van der Waals surface area (Å²) in [6, 6.07) is 0. The van der Waals surface area contributed by atoms with Crippen LogP contribution in [-0.4, -0.2) is 9.98 Å². The van der Waals surface area contributed by atoms with Gasteiger partial charge < -0.3 is 5.11 Å². The minimum atomic E-state index is -0.570. The Hall–Kier alpha value is -0.430. The summed E-state index contributed by atoms with van der Waals surface area (Å²) in [4.78, 5) is -0.570. The van der Waals surface area contributed by atoms with Crippen molar-refractivity contribution in [1.82, 2.24) is 0 Å². The molecule has 1 aliphatic rings. The molecule has 0 aromatic rings. The number of hydrogen-bond donors (Lipinski definition) is 1. The van der Waals surface area contributed by atoms with Gasteiger partial charge in [0.15, 0.2) is 0 Å². The van der Waals surface area contributed by atoms with Gasteiger partial charge in [-0.05, 0) is 25.3 Å².